The molecule has 46 heavy (non-hydrogen) atoms. The first kappa shape index (κ1) is 38.6. The van der Waals surface area contributed by atoms with E-state index in [1.807, 2.05) is 72.7 Å². The molecule has 0 aliphatic rings. The molecule has 3 amide bonds. The summed E-state index contributed by atoms with van der Waals surface area (Å²) < 4.78 is 27.5. The van der Waals surface area contributed by atoms with Gasteiger partial charge in [-0.25, -0.2) is 13.1 Å². The van der Waals surface area contributed by atoms with Crippen LogP contribution in [-0.4, -0.2) is 63.3 Å². The summed E-state index contributed by atoms with van der Waals surface area (Å²) in [7, 11) is -0.599. The summed E-state index contributed by atoms with van der Waals surface area (Å²) in [4.78, 5) is 42.4. The number of sulfonamides is 1. The van der Waals surface area contributed by atoms with Crippen LogP contribution in [0.15, 0.2) is 66.2 Å². The fourth-order valence-corrected chi connectivity index (χ4v) is 6.56. The normalized spacial score (nSPS) is 14.7. The molecule has 11 heteroatoms. The summed E-state index contributed by atoms with van der Waals surface area (Å²) in [6.07, 6.45) is 1.60. The first-order chi connectivity index (χ1) is 21.2. The van der Waals surface area contributed by atoms with E-state index in [-0.39, 0.29) is 29.1 Å². The second-order valence-electron chi connectivity index (χ2n) is 13.9. The number of nitrogens with one attached hydrogen (secondary N) is 3. The van der Waals surface area contributed by atoms with Crippen LogP contribution in [0, 0.1) is 11.3 Å². The topological polar surface area (TPSA) is 151 Å². The van der Waals surface area contributed by atoms with Gasteiger partial charge in [-0.05, 0) is 42.0 Å². The van der Waals surface area contributed by atoms with Crippen molar-refractivity contribution in [3.8, 4) is 0 Å². The van der Waals surface area contributed by atoms with Crippen molar-refractivity contribution < 1.29 is 22.8 Å². The van der Waals surface area contributed by atoms with Gasteiger partial charge in [0.1, 0.15) is 6.04 Å². The number of hydrogen-bond donors (Lipinski definition) is 4. The van der Waals surface area contributed by atoms with Crippen molar-refractivity contribution in [2.24, 2.45) is 17.1 Å². The van der Waals surface area contributed by atoms with Gasteiger partial charge in [0, 0.05) is 24.6 Å². The molecule has 0 saturated heterocycles. The average Bonchev–Trinajstić information content (AvgIpc) is 2.97. The van der Waals surface area contributed by atoms with Gasteiger partial charge in [-0.15, -0.1) is 0 Å². The van der Waals surface area contributed by atoms with E-state index in [0.29, 0.717) is 12.1 Å². The smallest absolute Gasteiger partial charge is 0.260 e. The van der Waals surface area contributed by atoms with Crippen molar-refractivity contribution in [1.29, 1.82) is 0 Å². The van der Waals surface area contributed by atoms with E-state index in [1.54, 1.807) is 50.5 Å². The highest BCUT2D eigenvalue weighted by Gasteiger charge is 2.41. The summed E-state index contributed by atoms with van der Waals surface area (Å²) in [5.74, 6) is -1.89. The number of benzene rings is 2. The molecule has 10 nitrogen and oxygen atoms in total. The van der Waals surface area contributed by atoms with E-state index in [1.165, 1.54) is 11.8 Å². The van der Waals surface area contributed by atoms with Crippen LogP contribution in [0.5, 0.6) is 0 Å². The molecule has 0 heterocycles. The van der Waals surface area contributed by atoms with Crippen LogP contribution in [0.2, 0.25) is 0 Å². The number of nitrogens with zero attached hydrogens (tertiary/aromatic N) is 1. The molecule has 2 rings (SSSR count). The number of hydrogen-bond acceptors (Lipinski definition) is 7. The van der Waals surface area contributed by atoms with Gasteiger partial charge in [0.05, 0.1) is 17.8 Å². The number of likely N-dealkylation sites (N-methyl/N-ethyl adjacent to an activating group) is 2. The Morgan fingerprint density at radius 2 is 1.48 bits per heavy atom. The number of amides is 3. The minimum atomic E-state index is -3.94. The third-order valence-corrected chi connectivity index (χ3v) is 9.52. The number of rotatable bonds is 14. The zero-order valence-electron chi connectivity index (χ0n) is 29.0. The molecule has 5 N–H and O–H groups in total. The first-order valence-electron chi connectivity index (χ1n) is 15.6. The lowest BCUT2D eigenvalue weighted by Crippen LogP contribution is -2.61. The van der Waals surface area contributed by atoms with Crippen molar-refractivity contribution in [3.05, 3.63) is 82.9 Å². The molecule has 0 radical (unpaired) electrons. The van der Waals surface area contributed by atoms with Crippen molar-refractivity contribution in [2.45, 2.75) is 91.2 Å². The standard InChI is InChI=1S/C35H53N5O5S/c1-23(2)28(20-24(3)31(41)39-46(44,45)22-26-14-12-11-13-15-26)40(10)33(43)30(34(4,5)6)38-32(42)29(37-9)35(7,8)27-18-16-25(21-36)17-19-27/h11-20,23,28-30,37H,21-22,36H2,1-10H3,(H,38,42)(H,39,41)/t28-,29-,30-/m1/s1. The fraction of sp³-hybridized carbons (Fsp3) is 0.514. The Bertz CT molecular complexity index is 1480. The molecule has 0 spiro atoms. The first-order valence-corrected chi connectivity index (χ1v) is 17.2. The van der Waals surface area contributed by atoms with Crippen LogP contribution < -0.4 is 21.1 Å². The Morgan fingerprint density at radius 1 is 0.913 bits per heavy atom. The van der Waals surface area contributed by atoms with Gasteiger partial charge in [0.25, 0.3) is 5.91 Å². The Labute approximate surface area is 275 Å². The Balaban J connectivity index is 2.30. The third-order valence-electron chi connectivity index (χ3n) is 8.31. The summed E-state index contributed by atoms with van der Waals surface area (Å²) in [6, 6.07) is 14.3. The minimum Gasteiger partial charge on any atom is -0.342 e. The molecule has 254 valence electrons. The predicted octanol–water partition coefficient (Wildman–Crippen LogP) is 3.62. The molecular formula is C35H53N5O5S. The largest absolute Gasteiger partial charge is 0.342 e. The predicted molar refractivity (Wildman–Crippen MR) is 184 cm³/mol. The Morgan fingerprint density at radius 3 is 1.96 bits per heavy atom. The van der Waals surface area contributed by atoms with Gasteiger partial charge in [-0.1, -0.05) is 109 Å². The quantitative estimate of drug-likeness (QED) is 0.227. The molecule has 2 aromatic carbocycles. The van der Waals surface area contributed by atoms with E-state index in [4.69, 9.17) is 5.73 Å². The van der Waals surface area contributed by atoms with Crippen LogP contribution in [0.1, 0.15) is 72.1 Å². The van der Waals surface area contributed by atoms with Crippen LogP contribution in [0.4, 0.5) is 0 Å². The second kappa shape index (κ2) is 15.8. The monoisotopic (exact) mass is 655 g/mol. The zero-order valence-corrected chi connectivity index (χ0v) is 29.8. The van der Waals surface area contributed by atoms with Crippen LogP contribution in [0.3, 0.4) is 0 Å². The van der Waals surface area contributed by atoms with E-state index in [0.717, 1.165) is 11.1 Å². The maximum absolute atomic E-state index is 14.1. The highest BCUT2D eigenvalue weighted by Crippen LogP contribution is 2.29. The lowest BCUT2D eigenvalue weighted by molar-refractivity contribution is -0.140. The van der Waals surface area contributed by atoms with Crippen molar-refractivity contribution in [2.75, 3.05) is 14.1 Å². The fourth-order valence-electron chi connectivity index (χ4n) is 5.42. The van der Waals surface area contributed by atoms with Crippen molar-refractivity contribution in [1.82, 2.24) is 20.3 Å². The van der Waals surface area contributed by atoms with Gasteiger partial charge in [0.2, 0.25) is 21.8 Å². The molecule has 0 aliphatic heterocycles. The Hall–Kier alpha value is -3.54. The van der Waals surface area contributed by atoms with Crippen molar-refractivity contribution in [3.63, 3.8) is 0 Å². The van der Waals surface area contributed by atoms with Gasteiger partial charge in [-0.2, -0.15) is 0 Å². The van der Waals surface area contributed by atoms with E-state index >= 15 is 0 Å². The summed E-state index contributed by atoms with van der Waals surface area (Å²) in [5, 5.41) is 6.16. The van der Waals surface area contributed by atoms with Crippen molar-refractivity contribution >= 4 is 27.7 Å². The van der Waals surface area contributed by atoms with Gasteiger partial charge < -0.3 is 21.3 Å². The minimum absolute atomic E-state index is 0.130. The maximum Gasteiger partial charge on any atom is 0.260 e. The van der Waals surface area contributed by atoms with Gasteiger partial charge in [-0.3, -0.25) is 14.4 Å². The molecule has 0 bridgehead atoms. The molecule has 0 saturated carbocycles. The van der Waals surface area contributed by atoms with Crippen LogP contribution >= 0.6 is 0 Å². The molecule has 0 aliphatic carbocycles. The van der Waals surface area contributed by atoms with Crippen LogP contribution in [-0.2, 0) is 42.1 Å². The molecule has 0 aromatic heterocycles. The lowest BCUT2D eigenvalue weighted by atomic mass is 9.76. The molecule has 3 atom stereocenters. The van der Waals surface area contributed by atoms with Crippen LogP contribution in [0.25, 0.3) is 0 Å². The Kier molecular flexibility index (Phi) is 13.3. The summed E-state index contributed by atoms with van der Waals surface area (Å²) >= 11 is 0. The summed E-state index contributed by atoms with van der Waals surface area (Å²) in [6.45, 7) is 15.3. The van der Waals surface area contributed by atoms with E-state index in [9.17, 15) is 22.8 Å². The number of carbonyl (C=O) groups is 3. The second-order valence-corrected chi connectivity index (χ2v) is 15.6. The van der Waals surface area contributed by atoms with E-state index in [2.05, 4.69) is 15.4 Å². The average molecular weight is 656 g/mol. The molecule has 0 fully saturated rings. The van der Waals surface area contributed by atoms with E-state index < -0.39 is 44.9 Å². The SMILES string of the molecule is CN[C@H](C(=O)N[C@H](C(=O)N(C)[C@H](C=C(C)C(=O)NS(=O)(=O)Cc1ccccc1)C(C)C)C(C)(C)C)C(C)(C)c1ccc(CN)cc1. The van der Waals surface area contributed by atoms with Gasteiger partial charge in [0.15, 0.2) is 0 Å². The molecular weight excluding hydrogens is 602 g/mol. The highest BCUT2D eigenvalue weighted by atomic mass is 32.2. The third kappa shape index (κ3) is 10.2. The summed E-state index contributed by atoms with van der Waals surface area (Å²) in [5.41, 5.74) is 7.12. The maximum atomic E-state index is 14.1. The lowest BCUT2D eigenvalue weighted by Gasteiger charge is -2.40. The van der Waals surface area contributed by atoms with Gasteiger partial charge >= 0.3 is 0 Å². The molecule has 0 unspecified atom stereocenters. The number of nitrogens with two attached hydrogens (primary N) is 1. The molecule has 2 aromatic rings. The number of carbonyl (C=O) groups excluding carboxylic acids is 3. The highest BCUT2D eigenvalue weighted by molar-refractivity contribution is 7.89. The zero-order chi connectivity index (χ0) is 35.0.